The second kappa shape index (κ2) is 5.19. The molecule has 1 aliphatic rings. The Hall–Kier alpha value is -0.610. The summed E-state index contributed by atoms with van der Waals surface area (Å²) in [6, 6.07) is 0. The average Bonchev–Trinajstić information content (AvgIpc) is 2.54. The van der Waals surface area contributed by atoms with Gasteiger partial charge in [-0.25, -0.2) is 0 Å². The largest absolute Gasteiger partial charge is 0.396 e. The van der Waals surface area contributed by atoms with Crippen molar-refractivity contribution in [2.45, 2.75) is 12.8 Å². The van der Waals surface area contributed by atoms with Crippen LogP contribution in [-0.4, -0.2) is 49.2 Å². The number of hydrogen-bond donors (Lipinski definition) is 2. The van der Waals surface area contributed by atoms with Gasteiger partial charge >= 0.3 is 0 Å². The van der Waals surface area contributed by atoms with E-state index in [-0.39, 0.29) is 12.5 Å². The summed E-state index contributed by atoms with van der Waals surface area (Å²) < 4.78 is 0. The van der Waals surface area contributed by atoms with E-state index in [0.29, 0.717) is 12.5 Å². The first kappa shape index (κ1) is 10.5. The molecule has 2 N–H and O–H groups in total. The Balaban J connectivity index is 2.27. The van der Waals surface area contributed by atoms with Crippen molar-refractivity contribution < 1.29 is 9.90 Å². The molecule has 0 aromatic rings. The number of carbonyl (C=O) groups excluding carboxylic acids is 1. The zero-order valence-corrected chi connectivity index (χ0v) is 8.12. The van der Waals surface area contributed by atoms with Crippen LogP contribution in [0.4, 0.5) is 0 Å². The molecule has 0 bridgehead atoms. The molecule has 1 rings (SSSR count). The van der Waals surface area contributed by atoms with Crippen LogP contribution in [0.25, 0.3) is 0 Å². The quantitative estimate of drug-likeness (QED) is 0.618. The molecule has 1 unspecified atom stereocenters. The Morgan fingerprint density at radius 1 is 1.69 bits per heavy atom. The second-order valence-corrected chi connectivity index (χ2v) is 3.54. The van der Waals surface area contributed by atoms with Crippen molar-refractivity contribution in [1.29, 1.82) is 0 Å². The van der Waals surface area contributed by atoms with Gasteiger partial charge in [0.2, 0.25) is 5.91 Å². The van der Waals surface area contributed by atoms with Gasteiger partial charge < -0.3 is 15.3 Å². The van der Waals surface area contributed by atoms with Crippen LogP contribution in [0.2, 0.25) is 0 Å². The standard InChI is InChI=1S/C9H18N2O2/c1-10-6-9(13)11-4-2-8(7-11)3-5-12/h8,10,12H,2-7H2,1H3. The SMILES string of the molecule is CNCC(=O)N1CCC(CCO)C1. The van der Waals surface area contributed by atoms with Gasteiger partial charge in [0, 0.05) is 19.7 Å². The number of nitrogens with one attached hydrogen (secondary N) is 1. The predicted molar refractivity (Wildman–Crippen MR) is 50.3 cm³/mol. The first-order valence-electron chi connectivity index (χ1n) is 4.81. The lowest BCUT2D eigenvalue weighted by atomic mass is 10.1. The lowest BCUT2D eigenvalue weighted by Crippen LogP contribution is -2.35. The van der Waals surface area contributed by atoms with Crippen LogP contribution in [-0.2, 0) is 4.79 Å². The Morgan fingerprint density at radius 3 is 3.08 bits per heavy atom. The molecule has 0 saturated carbocycles. The number of aliphatic hydroxyl groups is 1. The average molecular weight is 186 g/mol. The Kier molecular flexibility index (Phi) is 4.18. The van der Waals surface area contributed by atoms with Crippen molar-refractivity contribution in [3.05, 3.63) is 0 Å². The molecule has 4 heteroatoms. The number of hydrogen-bond acceptors (Lipinski definition) is 3. The number of nitrogens with zero attached hydrogens (tertiary/aromatic N) is 1. The number of aliphatic hydroxyl groups excluding tert-OH is 1. The van der Waals surface area contributed by atoms with Crippen LogP contribution in [0.1, 0.15) is 12.8 Å². The fourth-order valence-corrected chi connectivity index (χ4v) is 1.74. The lowest BCUT2D eigenvalue weighted by molar-refractivity contribution is -0.129. The smallest absolute Gasteiger partial charge is 0.236 e. The third-order valence-corrected chi connectivity index (χ3v) is 2.50. The van der Waals surface area contributed by atoms with Crippen molar-refractivity contribution >= 4 is 5.91 Å². The highest BCUT2D eigenvalue weighted by Crippen LogP contribution is 2.18. The van der Waals surface area contributed by atoms with E-state index in [0.717, 1.165) is 25.9 Å². The summed E-state index contributed by atoms with van der Waals surface area (Å²) in [5.74, 6) is 0.675. The summed E-state index contributed by atoms with van der Waals surface area (Å²) in [6.45, 7) is 2.33. The highest BCUT2D eigenvalue weighted by molar-refractivity contribution is 5.78. The number of amides is 1. The third kappa shape index (κ3) is 2.97. The van der Waals surface area contributed by atoms with E-state index in [9.17, 15) is 4.79 Å². The second-order valence-electron chi connectivity index (χ2n) is 3.54. The minimum Gasteiger partial charge on any atom is -0.396 e. The summed E-state index contributed by atoms with van der Waals surface area (Å²) in [5.41, 5.74) is 0. The van der Waals surface area contributed by atoms with Crippen molar-refractivity contribution in [1.82, 2.24) is 10.2 Å². The van der Waals surface area contributed by atoms with Gasteiger partial charge in [-0.15, -0.1) is 0 Å². The first-order valence-corrected chi connectivity index (χ1v) is 4.81. The number of likely N-dealkylation sites (N-methyl/N-ethyl adjacent to an activating group) is 1. The number of rotatable bonds is 4. The van der Waals surface area contributed by atoms with Gasteiger partial charge in [0.05, 0.1) is 6.54 Å². The molecule has 0 aliphatic carbocycles. The Labute approximate surface area is 78.9 Å². The van der Waals surface area contributed by atoms with Gasteiger partial charge in [-0.3, -0.25) is 4.79 Å². The molecule has 0 radical (unpaired) electrons. The van der Waals surface area contributed by atoms with Gasteiger partial charge in [-0.05, 0) is 25.8 Å². The van der Waals surface area contributed by atoms with Crippen LogP contribution >= 0.6 is 0 Å². The van der Waals surface area contributed by atoms with Gasteiger partial charge in [0.15, 0.2) is 0 Å². The zero-order chi connectivity index (χ0) is 9.68. The van der Waals surface area contributed by atoms with E-state index in [4.69, 9.17) is 5.11 Å². The van der Waals surface area contributed by atoms with E-state index in [2.05, 4.69) is 5.32 Å². The van der Waals surface area contributed by atoms with E-state index >= 15 is 0 Å². The summed E-state index contributed by atoms with van der Waals surface area (Å²) in [4.78, 5) is 13.3. The van der Waals surface area contributed by atoms with Crippen LogP contribution in [0, 0.1) is 5.92 Å². The molecule has 76 valence electrons. The molecule has 1 fully saturated rings. The van der Waals surface area contributed by atoms with Gasteiger partial charge in [0.1, 0.15) is 0 Å². The summed E-state index contributed by atoms with van der Waals surface area (Å²) in [6.07, 6.45) is 1.86. The number of likely N-dealkylation sites (tertiary alicyclic amines) is 1. The van der Waals surface area contributed by atoms with E-state index in [1.54, 1.807) is 7.05 Å². The van der Waals surface area contributed by atoms with E-state index < -0.39 is 0 Å². The summed E-state index contributed by atoms with van der Waals surface area (Å²) in [5, 5.41) is 11.6. The normalized spacial score (nSPS) is 22.3. The molecule has 0 aromatic heterocycles. The van der Waals surface area contributed by atoms with E-state index in [1.165, 1.54) is 0 Å². The molecule has 1 atom stereocenters. The molecule has 1 heterocycles. The van der Waals surface area contributed by atoms with Crippen LogP contribution in [0.3, 0.4) is 0 Å². The molecule has 0 aromatic carbocycles. The van der Waals surface area contributed by atoms with Crippen molar-refractivity contribution in [2.24, 2.45) is 5.92 Å². The zero-order valence-electron chi connectivity index (χ0n) is 8.12. The molecule has 4 nitrogen and oxygen atoms in total. The molecule has 1 amide bonds. The lowest BCUT2D eigenvalue weighted by Gasteiger charge is -2.15. The summed E-state index contributed by atoms with van der Waals surface area (Å²) in [7, 11) is 1.78. The Bertz CT molecular complexity index is 173. The van der Waals surface area contributed by atoms with Crippen molar-refractivity contribution in [2.75, 3.05) is 33.3 Å². The molecule has 0 spiro atoms. The summed E-state index contributed by atoms with van der Waals surface area (Å²) >= 11 is 0. The Morgan fingerprint density at radius 2 is 2.46 bits per heavy atom. The predicted octanol–water partition coefficient (Wildman–Crippen LogP) is -0.563. The van der Waals surface area contributed by atoms with Crippen molar-refractivity contribution in [3.8, 4) is 0 Å². The van der Waals surface area contributed by atoms with Gasteiger partial charge in [0.25, 0.3) is 0 Å². The number of carbonyl (C=O) groups is 1. The van der Waals surface area contributed by atoms with Crippen LogP contribution in [0.15, 0.2) is 0 Å². The topological polar surface area (TPSA) is 52.6 Å². The fraction of sp³-hybridized carbons (Fsp3) is 0.889. The minimum absolute atomic E-state index is 0.169. The third-order valence-electron chi connectivity index (χ3n) is 2.50. The first-order chi connectivity index (χ1) is 6.27. The van der Waals surface area contributed by atoms with Crippen molar-refractivity contribution in [3.63, 3.8) is 0 Å². The van der Waals surface area contributed by atoms with Gasteiger partial charge in [-0.1, -0.05) is 0 Å². The maximum atomic E-state index is 11.4. The van der Waals surface area contributed by atoms with E-state index in [1.807, 2.05) is 4.90 Å². The maximum Gasteiger partial charge on any atom is 0.236 e. The van der Waals surface area contributed by atoms with Crippen LogP contribution in [0.5, 0.6) is 0 Å². The molecular weight excluding hydrogens is 168 g/mol. The minimum atomic E-state index is 0.169. The monoisotopic (exact) mass is 186 g/mol. The maximum absolute atomic E-state index is 11.4. The van der Waals surface area contributed by atoms with Gasteiger partial charge in [-0.2, -0.15) is 0 Å². The molecular formula is C9H18N2O2. The highest BCUT2D eigenvalue weighted by Gasteiger charge is 2.24. The fourth-order valence-electron chi connectivity index (χ4n) is 1.74. The molecule has 13 heavy (non-hydrogen) atoms. The molecule has 1 saturated heterocycles. The molecule has 1 aliphatic heterocycles. The van der Waals surface area contributed by atoms with Crippen LogP contribution < -0.4 is 5.32 Å². The highest BCUT2D eigenvalue weighted by atomic mass is 16.3.